The lowest BCUT2D eigenvalue weighted by molar-refractivity contribution is 0.608. The van der Waals surface area contributed by atoms with Crippen LogP contribution in [0.3, 0.4) is 0 Å². The van der Waals surface area contributed by atoms with Gasteiger partial charge in [-0.25, -0.2) is 4.39 Å². The summed E-state index contributed by atoms with van der Waals surface area (Å²) in [5, 5.41) is 18.1. The number of fused-ring (bicyclic) bond motifs is 1. The van der Waals surface area contributed by atoms with Crippen LogP contribution in [-0.4, -0.2) is 17.2 Å². The summed E-state index contributed by atoms with van der Waals surface area (Å²) in [7, 11) is 1.82. The fourth-order valence-electron chi connectivity index (χ4n) is 2.46. The Balaban J connectivity index is 2.09. The normalized spacial score (nSPS) is 10.4. The molecule has 0 atom stereocenters. The Kier molecular flexibility index (Phi) is 3.67. The van der Waals surface area contributed by atoms with Crippen molar-refractivity contribution in [3.05, 3.63) is 65.6 Å². The molecule has 0 unspecified atom stereocenters. The standard InChI is InChI=1S/C17H13FN4/c1-22(11-12-6-2-4-8-14(12)18)17-13-7-3-5-9-15(13)20-21-16(17)10-19/h2-9H,11H2,1H3. The van der Waals surface area contributed by atoms with Crippen molar-refractivity contribution in [3.8, 4) is 6.07 Å². The zero-order valence-electron chi connectivity index (χ0n) is 12.0. The highest BCUT2D eigenvalue weighted by atomic mass is 19.1. The molecule has 4 nitrogen and oxygen atoms in total. The lowest BCUT2D eigenvalue weighted by Crippen LogP contribution is -2.19. The molecule has 3 rings (SSSR count). The van der Waals surface area contributed by atoms with Crippen LogP contribution in [0.5, 0.6) is 0 Å². The lowest BCUT2D eigenvalue weighted by atomic mass is 10.1. The van der Waals surface area contributed by atoms with Crippen LogP contribution in [0.1, 0.15) is 11.3 Å². The molecule has 0 fully saturated rings. The van der Waals surface area contributed by atoms with E-state index in [-0.39, 0.29) is 11.5 Å². The number of aromatic nitrogens is 2. The predicted molar refractivity (Wildman–Crippen MR) is 82.8 cm³/mol. The second kappa shape index (κ2) is 5.78. The Hall–Kier alpha value is -3.00. The van der Waals surface area contributed by atoms with Gasteiger partial charge in [0.1, 0.15) is 11.9 Å². The van der Waals surface area contributed by atoms with Gasteiger partial charge >= 0.3 is 0 Å². The molecule has 0 amide bonds. The topological polar surface area (TPSA) is 52.8 Å². The molecule has 0 spiro atoms. The van der Waals surface area contributed by atoms with Gasteiger partial charge in [0, 0.05) is 24.5 Å². The zero-order valence-corrected chi connectivity index (χ0v) is 12.0. The number of anilines is 1. The zero-order chi connectivity index (χ0) is 15.5. The monoisotopic (exact) mass is 292 g/mol. The fraction of sp³-hybridized carbons (Fsp3) is 0.118. The van der Waals surface area contributed by atoms with Crippen LogP contribution in [-0.2, 0) is 6.54 Å². The number of rotatable bonds is 3. The Morgan fingerprint density at radius 2 is 1.82 bits per heavy atom. The van der Waals surface area contributed by atoms with Crippen LogP contribution in [0.15, 0.2) is 48.5 Å². The third-order valence-corrected chi connectivity index (χ3v) is 3.49. The van der Waals surface area contributed by atoms with Gasteiger partial charge in [0.2, 0.25) is 0 Å². The van der Waals surface area contributed by atoms with E-state index in [0.29, 0.717) is 23.3 Å². The molecule has 0 saturated carbocycles. The molecule has 22 heavy (non-hydrogen) atoms. The second-order valence-corrected chi connectivity index (χ2v) is 4.97. The first-order chi connectivity index (χ1) is 10.7. The fourth-order valence-corrected chi connectivity index (χ4v) is 2.46. The number of nitriles is 1. The third-order valence-electron chi connectivity index (χ3n) is 3.49. The van der Waals surface area contributed by atoms with Crippen LogP contribution in [0, 0.1) is 17.1 Å². The van der Waals surface area contributed by atoms with E-state index in [1.807, 2.05) is 36.2 Å². The predicted octanol–water partition coefficient (Wildman–Crippen LogP) is 3.28. The molecule has 0 aliphatic heterocycles. The average Bonchev–Trinajstić information content (AvgIpc) is 2.55. The van der Waals surface area contributed by atoms with Crippen molar-refractivity contribution < 1.29 is 4.39 Å². The first-order valence-electron chi connectivity index (χ1n) is 6.81. The summed E-state index contributed by atoms with van der Waals surface area (Å²) in [6, 6.07) is 16.1. The summed E-state index contributed by atoms with van der Waals surface area (Å²) in [4.78, 5) is 1.83. The van der Waals surface area contributed by atoms with Gasteiger partial charge in [-0.15, -0.1) is 10.2 Å². The van der Waals surface area contributed by atoms with Crippen molar-refractivity contribution in [1.82, 2.24) is 10.2 Å². The maximum Gasteiger partial charge on any atom is 0.187 e. The van der Waals surface area contributed by atoms with Crippen molar-refractivity contribution in [2.24, 2.45) is 0 Å². The van der Waals surface area contributed by atoms with Gasteiger partial charge in [0.25, 0.3) is 0 Å². The number of benzene rings is 2. The number of halogens is 1. The number of hydrogen-bond donors (Lipinski definition) is 0. The van der Waals surface area contributed by atoms with E-state index < -0.39 is 0 Å². The van der Waals surface area contributed by atoms with Crippen LogP contribution in [0.25, 0.3) is 10.9 Å². The van der Waals surface area contributed by atoms with E-state index >= 15 is 0 Å². The lowest BCUT2D eigenvalue weighted by Gasteiger charge is -2.21. The summed E-state index contributed by atoms with van der Waals surface area (Å²) < 4.78 is 13.8. The molecule has 0 bridgehead atoms. The Bertz CT molecular complexity index is 870. The molecule has 0 aliphatic carbocycles. The molecule has 0 saturated heterocycles. The van der Waals surface area contributed by atoms with Gasteiger partial charge in [-0.3, -0.25) is 0 Å². The third kappa shape index (κ3) is 2.47. The van der Waals surface area contributed by atoms with Crippen molar-refractivity contribution in [2.45, 2.75) is 6.54 Å². The molecule has 108 valence electrons. The van der Waals surface area contributed by atoms with E-state index in [2.05, 4.69) is 16.3 Å². The summed E-state index contributed by atoms with van der Waals surface area (Å²) in [6.45, 7) is 0.344. The van der Waals surface area contributed by atoms with Crippen molar-refractivity contribution in [2.75, 3.05) is 11.9 Å². The summed E-state index contributed by atoms with van der Waals surface area (Å²) in [5.74, 6) is -0.265. The van der Waals surface area contributed by atoms with Crippen LogP contribution >= 0.6 is 0 Å². The van der Waals surface area contributed by atoms with E-state index in [4.69, 9.17) is 0 Å². The maximum absolute atomic E-state index is 13.8. The van der Waals surface area contributed by atoms with E-state index in [1.165, 1.54) is 6.07 Å². The highest BCUT2D eigenvalue weighted by Gasteiger charge is 2.15. The minimum atomic E-state index is -0.265. The first kappa shape index (κ1) is 14.0. The minimum absolute atomic E-state index is 0.234. The highest BCUT2D eigenvalue weighted by molar-refractivity contribution is 5.93. The molecule has 3 aromatic rings. The van der Waals surface area contributed by atoms with Crippen molar-refractivity contribution >= 4 is 16.6 Å². The average molecular weight is 292 g/mol. The van der Waals surface area contributed by atoms with Gasteiger partial charge < -0.3 is 4.90 Å². The quantitative estimate of drug-likeness (QED) is 0.743. The smallest absolute Gasteiger partial charge is 0.187 e. The maximum atomic E-state index is 13.8. The van der Waals surface area contributed by atoms with E-state index in [0.717, 1.165) is 5.39 Å². The van der Waals surface area contributed by atoms with Gasteiger partial charge in [0.15, 0.2) is 5.69 Å². The molecule has 5 heteroatoms. The molecule has 2 aromatic carbocycles. The molecular weight excluding hydrogens is 279 g/mol. The van der Waals surface area contributed by atoms with Gasteiger partial charge in [0.05, 0.1) is 11.2 Å². The van der Waals surface area contributed by atoms with Gasteiger partial charge in [-0.2, -0.15) is 5.26 Å². The largest absolute Gasteiger partial charge is 0.367 e. The summed E-state index contributed by atoms with van der Waals surface area (Å²) in [6.07, 6.45) is 0. The Morgan fingerprint density at radius 1 is 1.09 bits per heavy atom. The SMILES string of the molecule is CN(Cc1ccccc1F)c1c(C#N)nnc2ccccc12. The Morgan fingerprint density at radius 3 is 2.59 bits per heavy atom. The van der Waals surface area contributed by atoms with Crippen LogP contribution in [0.2, 0.25) is 0 Å². The van der Waals surface area contributed by atoms with Crippen LogP contribution in [0.4, 0.5) is 10.1 Å². The van der Waals surface area contributed by atoms with Crippen LogP contribution < -0.4 is 4.90 Å². The summed E-state index contributed by atoms with van der Waals surface area (Å²) in [5.41, 5.74) is 2.17. The molecule has 0 aliphatic rings. The van der Waals surface area contributed by atoms with Crippen molar-refractivity contribution in [3.63, 3.8) is 0 Å². The molecule has 1 aromatic heterocycles. The number of nitrogens with zero attached hydrogens (tertiary/aromatic N) is 4. The van der Waals surface area contributed by atoms with Gasteiger partial charge in [-0.05, 0) is 12.1 Å². The number of hydrogen-bond acceptors (Lipinski definition) is 4. The highest BCUT2D eigenvalue weighted by Crippen LogP contribution is 2.28. The minimum Gasteiger partial charge on any atom is -0.367 e. The molecule has 1 heterocycles. The molecule has 0 radical (unpaired) electrons. The second-order valence-electron chi connectivity index (χ2n) is 4.97. The summed E-state index contributed by atoms with van der Waals surface area (Å²) >= 11 is 0. The first-order valence-corrected chi connectivity index (χ1v) is 6.81. The van der Waals surface area contributed by atoms with Gasteiger partial charge in [-0.1, -0.05) is 36.4 Å². The Labute approximate surface area is 127 Å². The van der Waals surface area contributed by atoms with E-state index in [9.17, 15) is 9.65 Å². The van der Waals surface area contributed by atoms with E-state index in [1.54, 1.807) is 18.2 Å². The van der Waals surface area contributed by atoms with Crippen molar-refractivity contribution in [1.29, 1.82) is 5.26 Å². The molecule has 0 N–H and O–H groups in total. The molecular formula is C17H13FN4.